The average Bonchev–Trinajstić information content (AvgIpc) is 2.76. The van der Waals surface area contributed by atoms with Crippen LogP contribution >= 0.6 is 0 Å². The Morgan fingerprint density at radius 1 is 1.29 bits per heavy atom. The van der Waals surface area contributed by atoms with Crippen molar-refractivity contribution in [2.75, 3.05) is 6.61 Å². The number of halogens is 2. The first-order chi connectivity index (χ1) is 7.93. The maximum Gasteiger partial charge on any atom is 0.400 e. The van der Waals surface area contributed by atoms with Gasteiger partial charge in [0.1, 0.15) is 0 Å². The van der Waals surface area contributed by atoms with Crippen molar-refractivity contribution in [2.24, 2.45) is 11.8 Å². The van der Waals surface area contributed by atoms with E-state index in [2.05, 4.69) is 4.74 Å². The number of ketones is 1. The number of hydrogen-bond donors (Lipinski definition) is 0. The van der Waals surface area contributed by atoms with E-state index in [0.717, 1.165) is 12.8 Å². The number of Topliss-reactive ketones (excluding diaryl/α,β-unsaturated/α-hetero) is 1. The van der Waals surface area contributed by atoms with Crippen LogP contribution < -0.4 is 0 Å². The van der Waals surface area contributed by atoms with Gasteiger partial charge in [0.25, 0.3) is 0 Å². The SMILES string of the molecule is CCOC(=O)C(F)(F)C(=O)C1CCC(CC)C1. The van der Waals surface area contributed by atoms with Crippen molar-refractivity contribution >= 4 is 11.8 Å². The molecule has 0 aliphatic heterocycles. The molecule has 0 aromatic rings. The fourth-order valence-corrected chi connectivity index (χ4v) is 2.26. The molecule has 0 radical (unpaired) electrons. The number of hydrogen-bond acceptors (Lipinski definition) is 3. The van der Waals surface area contributed by atoms with E-state index in [1.807, 2.05) is 6.92 Å². The van der Waals surface area contributed by atoms with Gasteiger partial charge in [-0.2, -0.15) is 8.78 Å². The van der Waals surface area contributed by atoms with Crippen LogP contribution in [0.25, 0.3) is 0 Å². The van der Waals surface area contributed by atoms with E-state index in [-0.39, 0.29) is 6.61 Å². The molecule has 0 amide bonds. The Morgan fingerprint density at radius 3 is 2.41 bits per heavy atom. The Morgan fingerprint density at radius 2 is 1.94 bits per heavy atom. The van der Waals surface area contributed by atoms with Gasteiger partial charge in [-0.05, 0) is 32.1 Å². The maximum absolute atomic E-state index is 13.5. The lowest BCUT2D eigenvalue weighted by atomic mass is 9.95. The van der Waals surface area contributed by atoms with Crippen molar-refractivity contribution in [2.45, 2.75) is 45.5 Å². The van der Waals surface area contributed by atoms with E-state index >= 15 is 0 Å². The third kappa shape index (κ3) is 3.01. The van der Waals surface area contributed by atoms with Gasteiger partial charge in [0.2, 0.25) is 5.78 Å². The molecule has 1 saturated carbocycles. The molecule has 1 fully saturated rings. The summed E-state index contributed by atoms with van der Waals surface area (Å²) in [6.45, 7) is 3.26. The van der Waals surface area contributed by atoms with Crippen LogP contribution in [0.5, 0.6) is 0 Å². The van der Waals surface area contributed by atoms with Gasteiger partial charge in [-0.15, -0.1) is 0 Å². The third-order valence-electron chi connectivity index (χ3n) is 3.33. The number of ether oxygens (including phenoxy) is 1. The summed E-state index contributed by atoms with van der Waals surface area (Å²) < 4.78 is 31.1. The molecular formula is C12H18F2O3. The number of esters is 1. The summed E-state index contributed by atoms with van der Waals surface area (Å²) in [6, 6.07) is 0. The molecule has 2 unspecified atom stereocenters. The molecule has 5 heteroatoms. The van der Waals surface area contributed by atoms with Crippen molar-refractivity contribution in [3.63, 3.8) is 0 Å². The summed E-state index contributed by atoms with van der Waals surface area (Å²) >= 11 is 0. The van der Waals surface area contributed by atoms with Crippen molar-refractivity contribution in [3.05, 3.63) is 0 Å². The minimum Gasteiger partial charge on any atom is -0.461 e. The summed E-state index contributed by atoms with van der Waals surface area (Å²) in [5, 5.41) is 0. The molecule has 1 aliphatic rings. The topological polar surface area (TPSA) is 43.4 Å². The van der Waals surface area contributed by atoms with Crippen molar-refractivity contribution in [1.29, 1.82) is 0 Å². The Kier molecular flexibility index (Phi) is 4.60. The van der Waals surface area contributed by atoms with Crippen molar-refractivity contribution in [3.8, 4) is 0 Å². The Hall–Kier alpha value is -1.00. The predicted molar refractivity (Wildman–Crippen MR) is 57.7 cm³/mol. The van der Waals surface area contributed by atoms with E-state index < -0.39 is 23.6 Å². The van der Waals surface area contributed by atoms with Gasteiger partial charge in [0.05, 0.1) is 6.61 Å². The van der Waals surface area contributed by atoms with E-state index in [9.17, 15) is 18.4 Å². The van der Waals surface area contributed by atoms with Crippen LogP contribution in [0.4, 0.5) is 8.78 Å². The van der Waals surface area contributed by atoms with Gasteiger partial charge in [0.15, 0.2) is 0 Å². The number of carbonyl (C=O) groups is 2. The second-order valence-electron chi connectivity index (χ2n) is 4.44. The molecule has 0 spiro atoms. The molecule has 0 bridgehead atoms. The lowest BCUT2D eigenvalue weighted by Crippen LogP contribution is -2.42. The fourth-order valence-electron chi connectivity index (χ4n) is 2.26. The zero-order valence-corrected chi connectivity index (χ0v) is 10.2. The lowest BCUT2D eigenvalue weighted by molar-refractivity contribution is -0.178. The number of alkyl halides is 2. The first-order valence-electron chi connectivity index (χ1n) is 6.02. The molecule has 98 valence electrons. The highest BCUT2D eigenvalue weighted by Gasteiger charge is 2.52. The minimum atomic E-state index is -3.98. The molecule has 0 saturated heterocycles. The fraction of sp³-hybridized carbons (Fsp3) is 0.833. The van der Waals surface area contributed by atoms with Crippen molar-refractivity contribution < 1.29 is 23.1 Å². The van der Waals surface area contributed by atoms with E-state index in [4.69, 9.17) is 0 Å². The van der Waals surface area contributed by atoms with Gasteiger partial charge in [-0.1, -0.05) is 13.3 Å². The molecule has 0 heterocycles. The second-order valence-corrected chi connectivity index (χ2v) is 4.44. The summed E-state index contributed by atoms with van der Waals surface area (Å²) in [7, 11) is 0. The van der Waals surface area contributed by atoms with E-state index in [1.54, 1.807) is 0 Å². The first kappa shape index (κ1) is 14.1. The molecular weight excluding hydrogens is 230 g/mol. The third-order valence-corrected chi connectivity index (χ3v) is 3.33. The van der Waals surface area contributed by atoms with Crippen LogP contribution in [0, 0.1) is 11.8 Å². The van der Waals surface area contributed by atoms with E-state index in [0.29, 0.717) is 18.8 Å². The normalized spacial score (nSPS) is 24.7. The molecule has 17 heavy (non-hydrogen) atoms. The molecule has 3 nitrogen and oxygen atoms in total. The average molecular weight is 248 g/mol. The van der Waals surface area contributed by atoms with Crippen LogP contribution in [-0.2, 0) is 14.3 Å². The molecule has 1 aliphatic carbocycles. The first-order valence-corrected chi connectivity index (χ1v) is 6.02. The quantitative estimate of drug-likeness (QED) is 0.554. The zero-order valence-electron chi connectivity index (χ0n) is 10.2. The summed E-state index contributed by atoms with van der Waals surface area (Å²) in [5.41, 5.74) is 0. The minimum absolute atomic E-state index is 0.149. The monoisotopic (exact) mass is 248 g/mol. The van der Waals surface area contributed by atoms with Crippen LogP contribution in [0.15, 0.2) is 0 Å². The highest BCUT2D eigenvalue weighted by molar-refractivity contribution is 6.06. The predicted octanol–water partition coefficient (Wildman–Crippen LogP) is 2.58. The molecule has 0 N–H and O–H groups in total. The number of carbonyl (C=O) groups excluding carboxylic acids is 2. The zero-order chi connectivity index (χ0) is 13.1. The van der Waals surface area contributed by atoms with E-state index in [1.165, 1.54) is 6.92 Å². The van der Waals surface area contributed by atoms with Gasteiger partial charge in [0, 0.05) is 5.92 Å². The summed E-state index contributed by atoms with van der Waals surface area (Å²) in [5.74, 6) is -7.35. The van der Waals surface area contributed by atoms with Crippen molar-refractivity contribution in [1.82, 2.24) is 0 Å². The molecule has 0 aromatic carbocycles. The Bertz CT molecular complexity index is 302. The van der Waals surface area contributed by atoms with Crippen LogP contribution in [-0.4, -0.2) is 24.3 Å². The van der Waals surface area contributed by atoms with Crippen LogP contribution in [0.2, 0.25) is 0 Å². The highest BCUT2D eigenvalue weighted by Crippen LogP contribution is 2.37. The Balaban J connectivity index is 2.66. The summed E-state index contributed by atoms with van der Waals surface area (Å²) in [6.07, 6.45) is 2.58. The van der Waals surface area contributed by atoms with Gasteiger partial charge < -0.3 is 4.74 Å². The standard InChI is InChI=1S/C12H18F2O3/c1-3-8-5-6-9(7-8)10(15)12(13,14)11(16)17-4-2/h8-9H,3-7H2,1-2H3. The largest absolute Gasteiger partial charge is 0.461 e. The molecule has 0 aromatic heterocycles. The number of rotatable bonds is 5. The van der Waals surface area contributed by atoms with Crippen LogP contribution in [0.1, 0.15) is 39.5 Å². The van der Waals surface area contributed by atoms with Gasteiger partial charge in [-0.3, -0.25) is 4.79 Å². The van der Waals surface area contributed by atoms with Crippen LogP contribution in [0.3, 0.4) is 0 Å². The van der Waals surface area contributed by atoms with Gasteiger partial charge in [-0.25, -0.2) is 4.79 Å². The highest BCUT2D eigenvalue weighted by atomic mass is 19.3. The Labute approximate surface area is 99.5 Å². The second kappa shape index (κ2) is 5.56. The smallest absolute Gasteiger partial charge is 0.400 e. The molecule has 2 atom stereocenters. The maximum atomic E-state index is 13.5. The lowest BCUT2D eigenvalue weighted by Gasteiger charge is -2.17. The summed E-state index contributed by atoms with van der Waals surface area (Å²) in [4.78, 5) is 22.6. The molecule has 1 rings (SSSR count). The van der Waals surface area contributed by atoms with Gasteiger partial charge >= 0.3 is 11.9 Å².